The molecule has 0 saturated carbocycles. The Morgan fingerprint density at radius 2 is 1.71 bits per heavy atom. The van der Waals surface area contributed by atoms with Gasteiger partial charge in [-0.1, -0.05) is 24.3 Å². The van der Waals surface area contributed by atoms with E-state index in [2.05, 4.69) is 46.8 Å². The summed E-state index contributed by atoms with van der Waals surface area (Å²) < 4.78 is 6.10. The van der Waals surface area contributed by atoms with Crippen LogP contribution in [0.25, 0.3) is 0 Å². The molecule has 0 saturated heterocycles. The number of nitrogens with one attached hydrogen (secondary N) is 2. The molecule has 0 aliphatic heterocycles. The molecule has 0 unspecified atom stereocenters. The maximum atomic E-state index is 8.87. The molecule has 0 bridgehead atoms. The van der Waals surface area contributed by atoms with Crippen molar-refractivity contribution in [1.82, 2.24) is 10.6 Å². The number of benzene rings is 2. The molecule has 0 aromatic heterocycles. The lowest BCUT2D eigenvalue weighted by Gasteiger charge is -2.24. The van der Waals surface area contributed by atoms with Crippen molar-refractivity contribution >= 4 is 29.9 Å². The van der Waals surface area contributed by atoms with Gasteiger partial charge < -0.3 is 15.4 Å². The molecule has 2 rings (SSSR count). The van der Waals surface area contributed by atoms with E-state index in [-0.39, 0.29) is 29.6 Å². The summed E-state index contributed by atoms with van der Waals surface area (Å²) >= 11 is 0. The first-order chi connectivity index (χ1) is 12.8. The molecular formula is C22H29IN4O. The molecule has 0 heterocycles. The van der Waals surface area contributed by atoms with Crippen LogP contribution >= 0.6 is 24.0 Å². The molecule has 0 fully saturated rings. The second kappa shape index (κ2) is 10.9. The fraction of sp³-hybridized carbons (Fsp3) is 0.364. The Morgan fingerprint density at radius 3 is 2.29 bits per heavy atom. The Balaban J connectivity index is 0.00000392. The van der Waals surface area contributed by atoms with E-state index < -0.39 is 0 Å². The van der Waals surface area contributed by atoms with Crippen molar-refractivity contribution in [2.24, 2.45) is 4.99 Å². The molecule has 2 N–H and O–H groups in total. The smallest absolute Gasteiger partial charge is 0.191 e. The lowest BCUT2D eigenvalue weighted by Crippen LogP contribution is -2.36. The third-order valence-corrected chi connectivity index (χ3v) is 3.85. The van der Waals surface area contributed by atoms with Gasteiger partial charge in [-0.2, -0.15) is 5.26 Å². The third kappa shape index (κ3) is 7.77. The molecular weight excluding hydrogens is 463 g/mol. The number of guanidine groups is 1. The summed E-state index contributed by atoms with van der Waals surface area (Å²) in [6.45, 7) is 9.44. The molecule has 0 atom stereocenters. The molecule has 0 spiro atoms. The van der Waals surface area contributed by atoms with Crippen LogP contribution < -0.4 is 15.4 Å². The van der Waals surface area contributed by atoms with Crippen LogP contribution in [0.15, 0.2) is 47.5 Å². The maximum Gasteiger partial charge on any atom is 0.191 e. The topological polar surface area (TPSA) is 69.4 Å². The fourth-order valence-electron chi connectivity index (χ4n) is 2.52. The van der Waals surface area contributed by atoms with Crippen LogP contribution in [0.5, 0.6) is 5.75 Å². The van der Waals surface area contributed by atoms with Gasteiger partial charge in [0, 0.05) is 25.7 Å². The number of rotatable bonds is 5. The number of ether oxygens (including phenoxy) is 1. The molecule has 0 aliphatic rings. The molecule has 150 valence electrons. The SMILES string of the molecule is CN=C(NCc1ccc(C#N)cc1)NCc1ccc(C)cc1OC(C)(C)C.I. The molecule has 0 radical (unpaired) electrons. The number of nitrogens with zero attached hydrogens (tertiary/aromatic N) is 2. The number of halogens is 1. The van der Waals surface area contributed by atoms with Gasteiger partial charge in [-0.15, -0.1) is 24.0 Å². The zero-order valence-electron chi connectivity index (χ0n) is 17.2. The summed E-state index contributed by atoms with van der Waals surface area (Å²) in [5, 5.41) is 15.5. The second-order valence-corrected chi connectivity index (χ2v) is 7.41. The molecule has 28 heavy (non-hydrogen) atoms. The summed E-state index contributed by atoms with van der Waals surface area (Å²) in [5.41, 5.74) is 3.74. The van der Waals surface area contributed by atoms with Crippen LogP contribution in [-0.2, 0) is 13.1 Å². The Hall–Kier alpha value is -2.27. The summed E-state index contributed by atoms with van der Waals surface area (Å²) in [6, 6.07) is 15.9. The summed E-state index contributed by atoms with van der Waals surface area (Å²) in [5.74, 6) is 1.60. The summed E-state index contributed by atoms with van der Waals surface area (Å²) in [7, 11) is 1.75. The van der Waals surface area contributed by atoms with Gasteiger partial charge in [-0.3, -0.25) is 4.99 Å². The van der Waals surface area contributed by atoms with Crippen molar-refractivity contribution < 1.29 is 4.74 Å². The van der Waals surface area contributed by atoms with Gasteiger partial charge in [0.05, 0.1) is 11.6 Å². The predicted molar refractivity (Wildman–Crippen MR) is 125 cm³/mol. The third-order valence-electron chi connectivity index (χ3n) is 3.85. The number of aliphatic imine (C=N–C) groups is 1. The van der Waals surface area contributed by atoms with Crippen molar-refractivity contribution in [3.63, 3.8) is 0 Å². The van der Waals surface area contributed by atoms with Crippen LogP contribution in [-0.4, -0.2) is 18.6 Å². The zero-order chi connectivity index (χ0) is 19.9. The first-order valence-corrected chi connectivity index (χ1v) is 9.03. The Labute approximate surface area is 185 Å². The van der Waals surface area contributed by atoms with E-state index in [0.29, 0.717) is 24.6 Å². The highest BCUT2D eigenvalue weighted by Gasteiger charge is 2.15. The minimum atomic E-state index is -0.252. The first-order valence-electron chi connectivity index (χ1n) is 9.03. The summed E-state index contributed by atoms with van der Waals surface area (Å²) in [4.78, 5) is 4.27. The Kier molecular flexibility index (Phi) is 9.26. The quantitative estimate of drug-likeness (QED) is 0.366. The van der Waals surface area contributed by atoms with Gasteiger partial charge in [0.2, 0.25) is 0 Å². The van der Waals surface area contributed by atoms with Crippen molar-refractivity contribution in [2.75, 3.05) is 7.05 Å². The fourth-order valence-corrected chi connectivity index (χ4v) is 2.52. The van der Waals surface area contributed by atoms with Crippen LogP contribution in [0.2, 0.25) is 0 Å². The lowest BCUT2D eigenvalue weighted by atomic mass is 10.1. The highest BCUT2D eigenvalue weighted by atomic mass is 127. The minimum Gasteiger partial charge on any atom is -0.488 e. The van der Waals surface area contributed by atoms with Gasteiger partial charge in [-0.05, 0) is 57.0 Å². The normalized spacial score (nSPS) is 11.2. The number of aryl methyl sites for hydroxylation is 1. The molecule has 2 aromatic carbocycles. The maximum absolute atomic E-state index is 8.87. The molecule has 6 heteroatoms. The molecule has 5 nitrogen and oxygen atoms in total. The standard InChI is InChI=1S/C22H28N4O.HI/c1-16-6-11-19(20(12-16)27-22(2,3)4)15-26-21(24-5)25-14-18-9-7-17(13-23)8-10-18;/h6-12H,14-15H2,1-5H3,(H2,24,25,26);1H. The molecule has 0 aliphatic carbocycles. The van der Waals surface area contributed by atoms with E-state index in [4.69, 9.17) is 10.00 Å². The van der Waals surface area contributed by atoms with Gasteiger partial charge in [0.15, 0.2) is 5.96 Å². The summed E-state index contributed by atoms with van der Waals surface area (Å²) in [6.07, 6.45) is 0. The number of hydrogen-bond donors (Lipinski definition) is 2. The highest BCUT2D eigenvalue weighted by Crippen LogP contribution is 2.24. The zero-order valence-corrected chi connectivity index (χ0v) is 19.5. The van der Waals surface area contributed by atoms with Gasteiger partial charge in [0.25, 0.3) is 0 Å². The van der Waals surface area contributed by atoms with Crippen LogP contribution in [0.4, 0.5) is 0 Å². The van der Waals surface area contributed by atoms with Crippen LogP contribution in [0.1, 0.15) is 43.0 Å². The molecule has 0 amide bonds. The minimum absolute atomic E-state index is 0. The average molecular weight is 492 g/mol. The Morgan fingerprint density at radius 1 is 1.07 bits per heavy atom. The Bertz CT molecular complexity index is 833. The van der Waals surface area contributed by atoms with E-state index in [1.54, 1.807) is 7.05 Å². The number of hydrogen-bond acceptors (Lipinski definition) is 3. The monoisotopic (exact) mass is 492 g/mol. The van der Waals surface area contributed by atoms with Crippen molar-refractivity contribution in [3.8, 4) is 11.8 Å². The van der Waals surface area contributed by atoms with E-state index in [1.165, 1.54) is 5.56 Å². The molecule has 2 aromatic rings. The van der Waals surface area contributed by atoms with E-state index in [9.17, 15) is 0 Å². The van der Waals surface area contributed by atoms with Crippen molar-refractivity contribution in [1.29, 1.82) is 5.26 Å². The van der Waals surface area contributed by atoms with Gasteiger partial charge in [0.1, 0.15) is 11.4 Å². The highest BCUT2D eigenvalue weighted by molar-refractivity contribution is 14.0. The lowest BCUT2D eigenvalue weighted by molar-refractivity contribution is 0.129. The van der Waals surface area contributed by atoms with Crippen LogP contribution in [0, 0.1) is 18.3 Å². The van der Waals surface area contributed by atoms with Gasteiger partial charge in [-0.25, -0.2) is 0 Å². The average Bonchev–Trinajstić information content (AvgIpc) is 2.62. The van der Waals surface area contributed by atoms with Crippen LogP contribution in [0.3, 0.4) is 0 Å². The van der Waals surface area contributed by atoms with Gasteiger partial charge >= 0.3 is 0 Å². The van der Waals surface area contributed by atoms with E-state index in [0.717, 1.165) is 16.9 Å². The van der Waals surface area contributed by atoms with Crippen molar-refractivity contribution in [2.45, 2.75) is 46.4 Å². The second-order valence-electron chi connectivity index (χ2n) is 7.41. The first kappa shape index (κ1) is 23.8. The predicted octanol–water partition coefficient (Wildman–Crippen LogP) is 4.53. The van der Waals surface area contributed by atoms with E-state index >= 15 is 0 Å². The van der Waals surface area contributed by atoms with E-state index in [1.807, 2.05) is 45.0 Å². The number of nitriles is 1. The largest absolute Gasteiger partial charge is 0.488 e. The van der Waals surface area contributed by atoms with Crippen molar-refractivity contribution in [3.05, 3.63) is 64.7 Å².